The first-order valence-corrected chi connectivity index (χ1v) is 9.33. The van der Waals surface area contributed by atoms with Crippen LogP contribution in [0.15, 0.2) is 48.5 Å². The molecule has 1 fully saturated rings. The van der Waals surface area contributed by atoms with Gasteiger partial charge in [0.05, 0.1) is 5.56 Å². The average molecular weight is 388 g/mol. The topological polar surface area (TPSA) is 64.6 Å². The monoisotopic (exact) mass is 387 g/mol. The maximum atomic E-state index is 12.1. The second-order valence-corrected chi connectivity index (χ2v) is 7.15. The van der Waals surface area contributed by atoms with E-state index in [-0.39, 0.29) is 18.6 Å². The summed E-state index contributed by atoms with van der Waals surface area (Å²) >= 11 is 5.84. The lowest BCUT2D eigenvalue weighted by atomic mass is 10.1. The minimum atomic E-state index is -0.519. The fraction of sp³-hybridized carbons (Fsp3) is 0.333. The molecule has 0 saturated heterocycles. The number of esters is 1. The Morgan fingerprint density at radius 3 is 2.41 bits per heavy atom. The molecule has 1 aliphatic rings. The molecule has 1 N–H and O–H groups in total. The molecule has 27 heavy (non-hydrogen) atoms. The van der Waals surface area contributed by atoms with Crippen molar-refractivity contribution in [3.63, 3.8) is 0 Å². The summed E-state index contributed by atoms with van der Waals surface area (Å²) in [4.78, 5) is 23.9. The highest BCUT2D eigenvalue weighted by Crippen LogP contribution is 2.32. The second kappa shape index (κ2) is 8.91. The first kappa shape index (κ1) is 19.2. The SMILES string of the molecule is C[C@@H](NC(=O)COC(=O)c1ccc(COc2ccc(Cl)cc2)cc1)C1CC1. The van der Waals surface area contributed by atoms with E-state index in [1.165, 1.54) is 0 Å². The molecule has 142 valence electrons. The average Bonchev–Trinajstić information content (AvgIpc) is 3.51. The molecule has 5 nitrogen and oxygen atoms in total. The fourth-order valence-corrected chi connectivity index (χ4v) is 2.78. The Kier molecular flexibility index (Phi) is 6.35. The highest BCUT2D eigenvalue weighted by atomic mass is 35.5. The highest BCUT2D eigenvalue weighted by molar-refractivity contribution is 6.30. The largest absolute Gasteiger partial charge is 0.489 e. The van der Waals surface area contributed by atoms with Gasteiger partial charge in [-0.05, 0) is 67.6 Å². The minimum Gasteiger partial charge on any atom is -0.489 e. The highest BCUT2D eigenvalue weighted by Gasteiger charge is 2.29. The van der Waals surface area contributed by atoms with Gasteiger partial charge >= 0.3 is 5.97 Å². The standard InChI is InChI=1S/C21H22ClNO4/c1-14(16-6-7-16)23-20(24)13-27-21(25)17-4-2-15(3-5-17)12-26-19-10-8-18(22)9-11-19/h2-5,8-11,14,16H,6-7,12-13H2,1H3,(H,23,24)/t14-/m1/s1. The quantitative estimate of drug-likeness (QED) is 0.695. The van der Waals surface area contributed by atoms with Crippen LogP contribution in [0.4, 0.5) is 0 Å². The summed E-state index contributed by atoms with van der Waals surface area (Å²) in [5, 5.41) is 3.51. The Hall–Kier alpha value is -2.53. The van der Waals surface area contributed by atoms with Crippen LogP contribution in [0.25, 0.3) is 0 Å². The van der Waals surface area contributed by atoms with Crippen LogP contribution in [-0.4, -0.2) is 24.5 Å². The van der Waals surface area contributed by atoms with E-state index in [4.69, 9.17) is 21.1 Å². The summed E-state index contributed by atoms with van der Waals surface area (Å²) in [5.41, 5.74) is 1.31. The maximum Gasteiger partial charge on any atom is 0.338 e. The number of benzene rings is 2. The number of halogens is 1. The van der Waals surface area contributed by atoms with E-state index in [2.05, 4.69) is 5.32 Å². The van der Waals surface area contributed by atoms with E-state index in [1.54, 1.807) is 48.5 Å². The summed E-state index contributed by atoms with van der Waals surface area (Å²) in [6.07, 6.45) is 2.30. The fourth-order valence-electron chi connectivity index (χ4n) is 2.66. The van der Waals surface area contributed by atoms with Gasteiger partial charge in [-0.3, -0.25) is 4.79 Å². The van der Waals surface area contributed by atoms with Gasteiger partial charge in [0.25, 0.3) is 5.91 Å². The van der Waals surface area contributed by atoms with E-state index in [0.717, 1.165) is 18.4 Å². The third kappa shape index (κ3) is 6.00. The molecule has 0 radical (unpaired) electrons. The zero-order chi connectivity index (χ0) is 19.2. The maximum absolute atomic E-state index is 12.1. The summed E-state index contributed by atoms with van der Waals surface area (Å²) < 4.78 is 10.7. The predicted molar refractivity (Wildman–Crippen MR) is 103 cm³/mol. The van der Waals surface area contributed by atoms with Crippen molar-refractivity contribution in [1.82, 2.24) is 5.32 Å². The number of carbonyl (C=O) groups excluding carboxylic acids is 2. The lowest BCUT2D eigenvalue weighted by Gasteiger charge is -2.12. The van der Waals surface area contributed by atoms with E-state index in [1.807, 2.05) is 6.92 Å². The van der Waals surface area contributed by atoms with E-state index in [0.29, 0.717) is 28.9 Å². The number of carbonyl (C=O) groups is 2. The smallest absolute Gasteiger partial charge is 0.338 e. The minimum absolute atomic E-state index is 0.135. The zero-order valence-electron chi connectivity index (χ0n) is 15.1. The summed E-state index contributed by atoms with van der Waals surface area (Å²) in [6, 6.07) is 14.2. The molecule has 0 bridgehead atoms. The van der Waals surface area contributed by atoms with Crippen molar-refractivity contribution in [1.29, 1.82) is 0 Å². The van der Waals surface area contributed by atoms with E-state index < -0.39 is 5.97 Å². The van der Waals surface area contributed by atoms with E-state index >= 15 is 0 Å². The first-order valence-electron chi connectivity index (χ1n) is 8.95. The molecule has 1 atom stereocenters. The van der Waals surface area contributed by atoms with Crippen LogP contribution in [0, 0.1) is 5.92 Å². The number of nitrogens with one attached hydrogen (secondary N) is 1. The molecule has 0 aliphatic heterocycles. The number of ether oxygens (including phenoxy) is 2. The van der Waals surface area contributed by atoms with Crippen molar-refractivity contribution in [2.75, 3.05) is 6.61 Å². The van der Waals surface area contributed by atoms with Crippen molar-refractivity contribution < 1.29 is 19.1 Å². The van der Waals surface area contributed by atoms with Gasteiger partial charge in [-0.1, -0.05) is 23.7 Å². The van der Waals surface area contributed by atoms with Crippen LogP contribution in [-0.2, 0) is 16.1 Å². The lowest BCUT2D eigenvalue weighted by Crippen LogP contribution is -2.37. The van der Waals surface area contributed by atoms with Crippen LogP contribution in [0.5, 0.6) is 5.75 Å². The molecule has 0 unspecified atom stereocenters. The molecular weight excluding hydrogens is 366 g/mol. The van der Waals surface area contributed by atoms with Crippen molar-refractivity contribution >= 4 is 23.5 Å². The molecule has 3 rings (SSSR count). The molecule has 2 aromatic carbocycles. The van der Waals surface area contributed by atoms with Crippen LogP contribution >= 0.6 is 11.6 Å². The normalized spacial score (nSPS) is 14.3. The molecule has 0 aromatic heterocycles. The molecule has 0 spiro atoms. The van der Waals surface area contributed by atoms with Gasteiger partial charge in [0.15, 0.2) is 6.61 Å². The van der Waals surface area contributed by atoms with Crippen LogP contribution < -0.4 is 10.1 Å². The van der Waals surface area contributed by atoms with Crippen molar-refractivity contribution in [3.05, 3.63) is 64.7 Å². The second-order valence-electron chi connectivity index (χ2n) is 6.71. The Morgan fingerprint density at radius 2 is 1.78 bits per heavy atom. The predicted octanol–water partition coefficient (Wildman–Crippen LogP) is 3.99. The summed E-state index contributed by atoms with van der Waals surface area (Å²) in [6.45, 7) is 2.08. The van der Waals surface area contributed by atoms with Crippen molar-refractivity contribution in [2.45, 2.75) is 32.4 Å². The van der Waals surface area contributed by atoms with E-state index in [9.17, 15) is 9.59 Å². The Bertz CT molecular complexity index is 785. The molecule has 1 aliphatic carbocycles. The number of amides is 1. The lowest BCUT2D eigenvalue weighted by molar-refractivity contribution is -0.124. The number of rotatable bonds is 8. The van der Waals surface area contributed by atoms with Crippen LogP contribution in [0.2, 0.25) is 5.02 Å². The Labute approximate surface area is 163 Å². The Morgan fingerprint density at radius 1 is 1.11 bits per heavy atom. The molecule has 1 amide bonds. The molecule has 2 aromatic rings. The van der Waals surface area contributed by atoms with Gasteiger partial charge in [0.2, 0.25) is 0 Å². The molecule has 0 heterocycles. The van der Waals surface area contributed by atoms with Gasteiger partial charge < -0.3 is 14.8 Å². The summed E-state index contributed by atoms with van der Waals surface area (Å²) in [7, 11) is 0. The van der Waals surface area contributed by atoms with Gasteiger partial charge in [-0.15, -0.1) is 0 Å². The third-order valence-electron chi connectivity index (χ3n) is 4.46. The first-order chi connectivity index (χ1) is 13.0. The molecule has 1 saturated carbocycles. The molecule has 6 heteroatoms. The van der Waals surface area contributed by atoms with Crippen LogP contribution in [0.1, 0.15) is 35.7 Å². The van der Waals surface area contributed by atoms with Gasteiger partial charge in [0.1, 0.15) is 12.4 Å². The Balaban J connectivity index is 1.43. The third-order valence-corrected chi connectivity index (χ3v) is 4.71. The van der Waals surface area contributed by atoms with Crippen molar-refractivity contribution in [3.8, 4) is 5.75 Å². The van der Waals surface area contributed by atoms with Crippen molar-refractivity contribution in [2.24, 2.45) is 5.92 Å². The number of hydrogen-bond donors (Lipinski definition) is 1. The van der Waals surface area contributed by atoms with Gasteiger partial charge in [0, 0.05) is 11.1 Å². The van der Waals surface area contributed by atoms with Gasteiger partial charge in [-0.2, -0.15) is 0 Å². The summed E-state index contributed by atoms with van der Waals surface area (Å²) in [5.74, 6) is 0.492. The zero-order valence-corrected chi connectivity index (χ0v) is 15.9. The van der Waals surface area contributed by atoms with Crippen LogP contribution in [0.3, 0.4) is 0 Å². The van der Waals surface area contributed by atoms with Gasteiger partial charge in [-0.25, -0.2) is 4.79 Å². The number of hydrogen-bond acceptors (Lipinski definition) is 4. The molecular formula is C21H22ClNO4.